The monoisotopic (exact) mass is 327 g/mol. The first-order valence-electron chi connectivity index (χ1n) is 7.31. The Bertz CT molecular complexity index is 819. The van der Waals surface area contributed by atoms with Gasteiger partial charge >= 0.3 is 0 Å². The van der Waals surface area contributed by atoms with Crippen molar-refractivity contribution in [2.24, 2.45) is 0 Å². The Kier molecular flexibility index (Phi) is 4.60. The number of hydrogen-bond acceptors (Lipinski definition) is 5. The van der Waals surface area contributed by atoms with Gasteiger partial charge in [-0.3, -0.25) is 4.98 Å². The van der Waals surface area contributed by atoms with E-state index in [4.69, 9.17) is 0 Å². The molecule has 0 aliphatic rings. The van der Waals surface area contributed by atoms with Crippen LogP contribution in [0.25, 0.3) is 0 Å². The van der Waals surface area contributed by atoms with Crippen LogP contribution < -0.4 is 10.6 Å². The number of benzene rings is 1. The van der Waals surface area contributed by atoms with Gasteiger partial charge in [0.2, 0.25) is 0 Å². The number of para-hydroxylation sites is 1. The van der Waals surface area contributed by atoms with Crippen molar-refractivity contribution in [3.63, 3.8) is 0 Å². The lowest BCUT2D eigenvalue weighted by Gasteiger charge is -2.11. The summed E-state index contributed by atoms with van der Waals surface area (Å²) in [7, 11) is 0. The van der Waals surface area contributed by atoms with Crippen molar-refractivity contribution in [3.8, 4) is 0 Å². The van der Waals surface area contributed by atoms with Crippen molar-refractivity contribution in [1.29, 1.82) is 0 Å². The van der Waals surface area contributed by atoms with E-state index in [0.717, 1.165) is 5.56 Å². The maximum absolute atomic E-state index is 13.7. The molecule has 0 amide bonds. The summed E-state index contributed by atoms with van der Waals surface area (Å²) in [6.07, 6.45) is 3.41. The van der Waals surface area contributed by atoms with Gasteiger partial charge in [-0.05, 0) is 36.8 Å². The number of rotatable bonds is 5. The number of pyridine rings is 1. The quantitative estimate of drug-likeness (QED) is 0.746. The van der Waals surface area contributed by atoms with Crippen LogP contribution in [0.3, 0.4) is 0 Å². The van der Waals surface area contributed by atoms with Crippen molar-refractivity contribution in [1.82, 2.24) is 15.0 Å². The summed E-state index contributed by atoms with van der Waals surface area (Å²) in [5.41, 5.74) is 0.798. The zero-order chi connectivity index (χ0) is 16.9. The van der Waals surface area contributed by atoms with Gasteiger partial charge in [0, 0.05) is 25.0 Å². The molecule has 0 fully saturated rings. The Balaban J connectivity index is 1.79. The number of aromatic nitrogens is 3. The minimum absolute atomic E-state index is 0.240. The topological polar surface area (TPSA) is 62.7 Å². The molecule has 2 N–H and O–H groups in total. The minimum Gasteiger partial charge on any atom is -0.366 e. The smallest absolute Gasteiger partial charge is 0.149 e. The van der Waals surface area contributed by atoms with Crippen molar-refractivity contribution in [2.45, 2.75) is 13.5 Å². The Hall–Kier alpha value is -3.09. The average Bonchev–Trinajstić information content (AvgIpc) is 2.57. The summed E-state index contributed by atoms with van der Waals surface area (Å²) in [5, 5.41) is 5.82. The third-order valence-corrected chi connectivity index (χ3v) is 3.28. The fourth-order valence-corrected chi connectivity index (χ4v) is 2.16. The normalized spacial score (nSPS) is 10.5. The minimum atomic E-state index is -0.683. The summed E-state index contributed by atoms with van der Waals surface area (Å²) in [5.74, 6) is -0.0219. The Morgan fingerprint density at radius 2 is 1.62 bits per heavy atom. The van der Waals surface area contributed by atoms with E-state index in [1.54, 1.807) is 25.4 Å². The zero-order valence-corrected chi connectivity index (χ0v) is 12.9. The van der Waals surface area contributed by atoms with Gasteiger partial charge in [0.1, 0.15) is 34.8 Å². The molecule has 7 heteroatoms. The number of halogens is 2. The van der Waals surface area contributed by atoms with E-state index in [0.29, 0.717) is 24.0 Å². The maximum atomic E-state index is 13.7. The maximum Gasteiger partial charge on any atom is 0.149 e. The molecule has 0 unspecified atom stereocenters. The van der Waals surface area contributed by atoms with Gasteiger partial charge in [-0.1, -0.05) is 6.07 Å². The first kappa shape index (κ1) is 15.8. The standard InChI is InChI=1S/C17H15F2N5/c1-11-22-15(21-10-12-5-7-20-8-6-12)9-16(23-11)24-17-13(18)3-2-4-14(17)19/h2-9H,10H2,1H3,(H2,21,22,23,24). The van der Waals surface area contributed by atoms with Gasteiger partial charge in [-0.15, -0.1) is 0 Å². The molecular weight excluding hydrogens is 312 g/mol. The van der Waals surface area contributed by atoms with E-state index >= 15 is 0 Å². The molecule has 0 aliphatic carbocycles. The Labute approximate surface area is 137 Å². The number of aryl methyl sites for hydroxylation is 1. The first-order chi connectivity index (χ1) is 11.6. The molecule has 3 rings (SSSR count). The number of anilines is 3. The average molecular weight is 327 g/mol. The fourth-order valence-electron chi connectivity index (χ4n) is 2.16. The van der Waals surface area contributed by atoms with E-state index < -0.39 is 11.6 Å². The highest BCUT2D eigenvalue weighted by Gasteiger charge is 2.10. The summed E-state index contributed by atoms with van der Waals surface area (Å²) >= 11 is 0. The van der Waals surface area contributed by atoms with Crippen LogP contribution >= 0.6 is 0 Å². The van der Waals surface area contributed by atoms with E-state index in [2.05, 4.69) is 25.6 Å². The lowest BCUT2D eigenvalue weighted by Crippen LogP contribution is -2.06. The molecule has 5 nitrogen and oxygen atoms in total. The highest BCUT2D eigenvalue weighted by molar-refractivity contribution is 5.60. The van der Waals surface area contributed by atoms with Crippen molar-refractivity contribution in [3.05, 3.63) is 71.8 Å². The molecule has 2 aromatic heterocycles. The first-order valence-corrected chi connectivity index (χ1v) is 7.31. The van der Waals surface area contributed by atoms with Crippen LogP contribution in [-0.4, -0.2) is 15.0 Å². The van der Waals surface area contributed by atoms with Crippen LogP contribution in [-0.2, 0) is 6.54 Å². The molecule has 0 spiro atoms. The second-order valence-electron chi connectivity index (χ2n) is 5.12. The Morgan fingerprint density at radius 3 is 2.33 bits per heavy atom. The van der Waals surface area contributed by atoms with E-state index in [9.17, 15) is 8.78 Å². The molecule has 24 heavy (non-hydrogen) atoms. The fraction of sp³-hybridized carbons (Fsp3) is 0.118. The number of nitrogens with one attached hydrogen (secondary N) is 2. The summed E-state index contributed by atoms with van der Waals surface area (Å²) in [6, 6.07) is 9.04. The van der Waals surface area contributed by atoms with E-state index in [-0.39, 0.29) is 5.69 Å². The molecular formula is C17H15F2N5. The molecule has 0 bridgehead atoms. The zero-order valence-electron chi connectivity index (χ0n) is 12.9. The van der Waals surface area contributed by atoms with Crippen LogP contribution in [0, 0.1) is 18.6 Å². The van der Waals surface area contributed by atoms with Crippen LogP contribution in [0.2, 0.25) is 0 Å². The van der Waals surface area contributed by atoms with Crippen LogP contribution in [0.15, 0.2) is 48.8 Å². The van der Waals surface area contributed by atoms with Gasteiger partial charge in [-0.25, -0.2) is 18.7 Å². The van der Waals surface area contributed by atoms with Gasteiger partial charge in [0.15, 0.2) is 0 Å². The largest absolute Gasteiger partial charge is 0.366 e. The van der Waals surface area contributed by atoms with E-state index in [1.807, 2.05) is 12.1 Å². The molecule has 3 aromatic rings. The van der Waals surface area contributed by atoms with Crippen molar-refractivity contribution in [2.75, 3.05) is 10.6 Å². The molecule has 0 saturated carbocycles. The highest BCUT2D eigenvalue weighted by Crippen LogP contribution is 2.23. The number of hydrogen-bond donors (Lipinski definition) is 2. The molecule has 0 aliphatic heterocycles. The Morgan fingerprint density at radius 1 is 0.958 bits per heavy atom. The third-order valence-electron chi connectivity index (χ3n) is 3.28. The lowest BCUT2D eigenvalue weighted by molar-refractivity contribution is 0.590. The predicted octanol–water partition coefficient (Wildman–Crippen LogP) is 3.81. The molecule has 1 aromatic carbocycles. The van der Waals surface area contributed by atoms with Crippen LogP contribution in [0.1, 0.15) is 11.4 Å². The SMILES string of the molecule is Cc1nc(NCc2ccncc2)cc(Nc2c(F)cccc2F)n1. The molecule has 122 valence electrons. The number of nitrogens with zero attached hydrogens (tertiary/aromatic N) is 3. The van der Waals surface area contributed by atoms with Crippen LogP contribution in [0.4, 0.5) is 26.1 Å². The molecule has 0 saturated heterocycles. The molecule has 0 atom stereocenters. The van der Waals surface area contributed by atoms with Gasteiger partial charge < -0.3 is 10.6 Å². The highest BCUT2D eigenvalue weighted by atomic mass is 19.1. The summed E-state index contributed by atoms with van der Waals surface area (Å²) in [6.45, 7) is 2.26. The van der Waals surface area contributed by atoms with Crippen LogP contribution in [0.5, 0.6) is 0 Å². The summed E-state index contributed by atoms with van der Waals surface area (Å²) in [4.78, 5) is 12.4. The van der Waals surface area contributed by atoms with E-state index in [1.165, 1.54) is 18.2 Å². The predicted molar refractivity (Wildman–Crippen MR) is 88.0 cm³/mol. The second kappa shape index (κ2) is 6.99. The lowest BCUT2D eigenvalue weighted by atomic mass is 10.2. The second-order valence-corrected chi connectivity index (χ2v) is 5.12. The molecule has 0 radical (unpaired) electrons. The van der Waals surface area contributed by atoms with Crippen molar-refractivity contribution < 1.29 is 8.78 Å². The third kappa shape index (κ3) is 3.81. The summed E-state index contributed by atoms with van der Waals surface area (Å²) < 4.78 is 27.5. The van der Waals surface area contributed by atoms with Gasteiger partial charge in [-0.2, -0.15) is 0 Å². The van der Waals surface area contributed by atoms with Gasteiger partial charge in [0.05, 0.1) is 0 Å². The van der Waals surface area contributed by atoms with Gasteiger partial charge in [0.25, 0.3) is 0 Å². The van der Waals surface area contributed by atoms with Crippen molar-refractivity contribution >= 4 is 17.3 Å². The molecule has 2 heterocycles.